The van der Waals surface area contributed by atoms with E-state index in [0.29, 0.717) is 18.7 Å². The molecule has 0 bridgehead atoms. The Morgan fingerprint density at radius 1 is 0.969 bits per heavy atom. The van der Waals surface area contributed by atoms with Crippen LogP contribution < -0.4 is 10.6 Å². The second-order valence-corrected chi connectivity index (χ2v) is 10.3. The Hall–Kier alpha value is -2.71. The van der Waals surface area contributed by atoms with Crippen LogP contribution >= 0.6 is 0 Å². The molecule has 2 aromatic carbocycles. The molecule has 0 spiro atoms. The third kappa shape index (κ3) is 5.75. The van der Waals surface area contributed by atoms with E-state index in [-0.39, 0.29) is 17.5 Å². The summed E-state index contributed by atoms with van der Waals surface area (Å²) in [4.78, 5) is 24.8. The SMILES string of the molecule is Cc1ccc(S(=O)(=O)N2CCCC[C@H]2CCNC(=O)C(=O)Nc2ccc(C)cc2C)cc1. The van der Waals surface area contributed by atoms with E-state index < -0.39 is 21.8 Å². The van der Waals surface area contributed by atoms with Gasteiger partial charge >= 0.3 is 11.8 Å². The highest BCUT2D eigenvalue weighted by Crippen LogP contribution is 2.27. The summed E-state index contributed by atoms with van der Waals surface area (Å²) in [5, 5.41) is 5.26. The standard InChI is InChI=1S/C24H31N3O4S/c1-17-7-10-21(11-8-17)32(30,31)27-15-5-4-6-20(27)13-14-25-23(28)24(29)26-22-12-9-18(2)16-19(22)3/h7-12,16,20H,4-6,13-15H2,1-3H3,(H,25,28)(H,26,29)/t20-/m0/s1. The molecule has 1 saturated heterocycles. The van der Waals surface area contributed by atoms with Crippen LogP contribution in [0, 0.1) is 20.8 Å². The van der Waals surface area contributed by atoms with Gasteiger partial charge in [0.2, 0.25) is 10.0 Å². The van der Waals surface area contributed by atoms with Crippen molar-refractivity contribution in [2.45, 2.75) is 57.4 Å². The molecular weight excluding hydrogens is 426 g/mol. The zero-order valence-electron chi connectivity index (χ0n) is 18.8. The van der Waals surface area contributed by atoms with Crippen molar-refractivity contribution in [2.24, 2.45) is 0 Å². The number of benzene rings is 2. The number of aryl methyl sites for hydroxylation is 3. The molecule has 1 fully saturated rings. The third-order valence-electron chi connectivity index (χ3n) is 5.80. The lowest BCUT2D eigenvalue weighted by Gasteiger charge is -2.34. The zero-order chi connectivity index (χ0) is 23.3. The first kappa shape index (κ1) is 23.9. The van der Waals surface area contributed by atoms with Crippen LogP contribution in [0.15, 0.2) is 47.4 Å². The minimum Gasteiger partial charge on any atom is -0.348 e. The van der Waals surface area contributed by atoms with Crippen molar-refractivity contribution >= 4 is 27.5 Å². The maximum absolute atomic E-state index is 13.1. The van der Waals surface area contributed by atoms with Gasteiger partial charge in [-0.25, -0.2) is 8.42 Å². The fraction of sp³-hybridized carbons (Fsp3) is 0.417. The molecule has 0 radical (unpaired) electrons. The predicted octanol–water partition coefficient (Wildman–Crippen LogP) is 3.30. The van der Waals surface area contributed by atoms with Gasteiger partial charge in [0.05, 0.1) is 4.90 Å². The van der Waals surface area contributed by atoms with Crippen molar-refractivity contribution in [3.05, 3.63) is 59.2 Å². The predicted molar refractivity (Wildman–Crippen MR) is 125 cm³/mol. The van der Waals surface area contributed by atoms with Crippen LogP contribution in [0.1, 0.15) is 42.4 Å². The molecule has 2 N–H and O–H groups in total. The molecule has 1 atom stereocenters. The molecule has 1 aliphatic rings. The number of nitrogens with one attached hydrogen (secondary N) is 2. The number of anilines is 1. The Bertz CT molecular complexity index is 1080. The summed E-state index contributed by atoms with van der Waals surface area (Å²) in [6.45, 7) is 6.43. The van der Waals surface area contributed by atoms with E-state index in [4.69, 9.17) is 0 Å². The Balaban J connectivity index is 1.58. The van der Waals surface area contributed by atoms with Gasteiger partial charge in [-0.05, 0) is 63.8 Å². The van der Waals surface area contributed by atoms with Crippen LogP contribution in [0.25, 0.3) is 0 Å². The topological polar surface area (TPSA) is 95.6 Å². The van der Waals surface area contributed by atoms with Gasteiger partial charge in [0.1, 0.15) is 0 Å². The van der Waals surface area contributed by atoms with Crippen molar-refractivity contribution in [2.75, 3.05) is 18.4 Å². The van der Waals surface area contributed by atoms with E-state index in [1.54, 1.807) is 34.6 Å². The zero-order valence-corrected chi connectivity index (χ0v) is 19.7. The molecule has 0 saturated carbocycles. The van der Waals surface area contributed by atoms with Crippen LogP contribution in [0.5, 0.6) is 0 Å². The highest BCUT2D eigenvalue weighted by Gasteiger charge is 2.33. The van der Waals surface area contributed by atoms with Crippen LogP contribution in [-0.2, 0) is 19.6 Å². The van der Waals surface area contributed by atoms with Crippen LogP contribution in [-0.4, -0.2) is 43.7 Å². The summed E-state index contributed by atoms with van der Waals surface area (Å²) < 4.78 is 27.8. The smallest absolute Gasteiger partial charge is 0.313 e. The Morgan fingerprint density at radius 3 is 2.34 bits per heavy atom. The molecule has 3 rings (SSSR count). The van der Waals surface area contributed by atoms with E-state index in [1.165, 1.54) is 0 Å². The third-order valence-corrected chi connectivity index (χ3v) is 7.77. The summed E-state index contributed by atoms with van der Waals surface area (Å²) in [5.74, 6) is -1.46. The van der Waals surface area contributed by atoms with Crippen molar-refractivity contribution in [3.8, 4) is 0 Å². The quantitative estimate of drug-likeness (QED) is 0.651. The number of piperidine rings is 1. The van der Waals surface area contributed by atoms with Gasteiger partial charge < -0.3 is 10.6 Å². The van der Waals surface area contributed by atoms with Gasteiger partial charge in [0.15, 0.2) is 0 Å². The average molecular weight is 458 g/mol. The first-order valence-corrected chi connectivity index (χ1v) is 12.4. The Morgan fingerprint density at radius 2 is 1.66 bits per heavy atom. The number of carbonyl (C=O) groups is 2. The van der Waals surface area contributed by atoms with Crippen molar-refractivity contribution in [1.82, 2.24) is 9.62 Å². The van der Waals surface area contributed by atoms with E-state index in [2.05, 4.69) is 10.6 Å². The summed E-state index contributed by atoms with van der Waals surface area (Å²) in [6.07, 6.45) is 2.93. The monoisotopic (exact) mass is 457 g/mol. The summed E-state index contributed by atoms with van der Waals surface area (Å²) in [5.41, 5.74) is 3.55. The maximum Gasteiger partial charge on any atom is 0.313 e. The van der Waals surface area contributed by atoms with E-state index >= 15 is 0 Å². The minimum atomic E-state index is -3.60. The largest absolute Gasteiger partial charge is 0.348 e. The van der Waals surface area contributed by atoms with Crippen LogP contribution in [0.3, 0.4) is 0 Å². The number of carbonyl (C=O) groups excluding carboxylic acids is 2. The van der Waals surface area contributed by atoms with Crippen molar-refractivity contribution in [3.63, 3.8) is 0 Å². The van der Waals surface area contributed by atoms with Gasteiger partial charge in [-0.3, -0.25) is 9.59 Å². The highest BCUT2D eigenvalue weighted by atomic mass is 32.2. The first-order chi connectivity index (χ1) is 15.2. The molecule has 2 amide bonds. The molecule has 0 unspecified atom stereocenters. The second-order valence-electron chi connectivity index (χ2n) is 8.40. The molecule has 172 valence electrons. The van der Waals surface area contributed by atoms with Gasteiger partial charge in [-0.15, -0.1) is 0 Å². The summed E-state index contributed by atoms with van der Waals surface area (Å²) >= 11 is 0. The van der Waals surface area contributed by atoms with Crippen LogP contribution in [0.2, 0.25) is 0 Å². The van der Waals surface area contributed by atoms with Gasteiger partial charge in [-0.2, -0.15) is 4.31 Å². The second kappa shape index (κ2) is 10.3. The average Bonchev–Trinajstić information content (AvgIpc) is 2.76. The summed E-state index contributed by atoms with van der Waals surface area (Å²) in [7, 11) is -3.60. The van der Waals surface area contributed by atoms with Crippen molar-refractivity contribution < 1.29 is 18.0 Å². The molecule has 7 nitrogen and oxygen atoms in total. The number of rotatable bonds is 6. The molecule has 32 heavy (non-hydrogen) atoms. The van der Waals surface area contributed by atoms with E-state index in [0.717, 1.165) is 36.0 Å². The molecule has 2 aromatic rings. The fourth-order valence-corrected chi connectivity index (χ4v) is 5.71. The number of amides is 2. The lowest BCUT2D eigenvalue weighted by molar-refractivity contribution is -0.136. The molecular formula is C24H31N3O4S. The Kier molecular flexibility index (Phi) is 7.69. The van der Waals surface area contributed by atoms with Gasteiger partial charge in [0, 0.05) is 24.8 Å². The lowest BCUT2D eigenvalue weighted by atomic mass is 10.0. The van der Waals surface area contributed by atoms with Crippen LogP contribution in [0.4, 0.5) is 5.69 Å². The molecule has 1 heterocycles. The van der Waals surface area contributed by atoms with Gasteiger partial charge in [0.25, 0.3) is 0 Å². The van der Waals surface area contributed by atoms with Gasteiger partial charge in [-0.1, -0.05) is 41.8 Å². The lowest BCUT2D eigenvalue weighted by Crippen LogP contribution is -2.45. The Labute approximate surface area is 190 Å². The van der Waals surface area contributed by atoms with Crippen molar-refractivity contribution in [1.29, 1.82) is 0 Å². The maximum atomic E-state index is 13.1. The molecule has 0 aromatic heterocycles. The first-order valence-electron chi connectivity index (χ1n) is 10.9. The molecule has 8 heteroatoms. The highest BCUT2D eigenvalue weighted by molar-refractivity contribution is 7.89. The summed E-state index contributed by atoms with van der Waals surface area (Å²) in [6, 6.07) is 12.2. The molecule has 0 aliphatic carbocycles. The van der Waals surface area contributed by atoms with E-state index in [1.807, 2.05) is 32.9 Å². The van der Waals surface area contributed by atoms with E-state index in [9.17, 15) is 18.0 Å². The number of nitrogens with zero attached hydrogens (tertiary/aromatic N) is 1. The minimum absolute atomic E-state index is 0.210. The number of hydrogen-bond acceptors (Lipinski definition) is 4. The molecule has 1 aliphatic heterocycles. The fourth-order valence-electron chi connectivity index (χ4n) is 3.99. The number of hydrogen-bond donors (Lipinski definition) is 2. The number of sulfonamides is 1. The normalized spacial score (nSPS) is 17.0.